The zero-order chi connectivity index (χ0) is 16.9. The van der Waals surface area contributed by atoms with E-state index in [4.69, 9.17) is 0 Å². The molecule has 0 N–H and O–H groups in total. The van der Waals surface area contributed by atoms with Gasteiger partial charge in [-0.3, -0.25) is 4.79 Å². The summed E-state index contributed by atoms with van der Waals surface area (Å²) in [5, 5.41) is 0.507. The zero-order valence-corrected chi connectivity index (χ0v) is 13.9. The molecule has 2 bridgehead atoms. The molecule has 5 rings (SSSR count). The Morgan fingerprint density at radius 3 is 2.58 bits per heavy atom. The van der Waals surface area contributed by atoms with E-state index in [1.807, 2.05) is 0 Å². The summed E-state index contributed by atoms with van der Waals surface area (Å²) in [6, 6.07) is 5.31. The first-order chi connectivity index (χ1) is 11.4. The molecule has 3 aliphatic heterocycles. The largest absolute Gasteiger partial charge is 0.416 e. The minimum atomic E-state index is -4.35. The highest BCUT2D eigenvalue weighted by Crippen LogP contribution is 2.37. The third-order valence-electron chi connectivity index (χ3n) is 5.36. The van der Waals surface area contributed by atoms with Gasteiger partial charge in [-0.1, -0.05) is 0 Å². The van der Waals surface area contributed by atoms with E-state index in [2.05, 4.69) is 4.90 Å². The number of carbonyl (C=O) groups excluding carboxylic acids is 1. The maximum Gasteiger partial charge on any atom is 0.416 e. The fraction of sp³-hybridized carbons (Fsp3) is 0.500. The Kier molecular flexibility index (Phi) is 3.92. The van der Waals surface area contributed by atoms with Gasteiger partial charge in [-0.05, 0) is 67.4 Å². The van der Waals surface area contributed by atoms with Crippen molar-refractivity contribution in [1.82, 2.24) is 4.90 Å². The number of piperidine rings is 3. The van der Waals surface area contributed by atoms with E-state index in [1.54, 1.807) is 6.07 Å². The van der Waals surface area contributed by atoms with Crippen LogP contribution in [0.4, 0.5) is 13.2 Å². The van der Waals surface area contributed by atoms with Gasteiger partial charge in [0.05, 0.1) is 10.4 Å². The summed E-state index contributed by atoms with van der Waals surface area (Å²) < 4.78 is 39.2. The summed E-state index contributed by atoms with van der Waals surface area (Å²) in [7, 11) is 0. The van der Waals surface area contributed by atoms with Crippen LogP contribution in [-0.2, 0) is 6.18 Å². The summed E-state index contributed by atoms with van der Waals surface area (Å²) in [5.74, 6) is 1.10. The molecule has 2 nitrogen and oxygen atoms in total. The highest BCUT2D eigenvalue weighted by Gasteiger charge is 2.35. The number of hydrogen-bond donors (Lipinski definition) is 0. The van der Waals surface area contributed by atoms with Gasteiger partial charge in [-0.25, -0.2) is 0 Å². The lowest BCUT2D eigenvalue weighted by atomic mass is 9.76. The average molecular weight is 353 g/mol. The molecule has 0 spiro atoms. The van der Waals surface area contributed by atoms with Crippen molar-refractivity contribution in [3.05, 3.63) is 34.7 Å². The van der Waals surface area contributed by atoms with Crippen molar-refractivity contribution in [3.63, 3.8) is 0 Å². The summed E-state index contributed by atoms with van der Waals surface area (Å²) in [6.45, 7) is 3.26. The first-order valence-corrected chi connectivity index (χ1v) is 9.08. The topological polar surface area (TPSA) is 20.3 Å². The molecule has 128 valence electrons. The second kappa shape index (κ2) is 5.85. The monoisotopic (exact) mass is 353 g/mol. The third-order valence-corrected chi connectivity index (χ3v) is 6.51. The van der Waals surface area contributed by atoms with E-state index in [0.717, 1.165) is 36.5 Å². The van der Waals surface area contributed by atoms with Crippen LogP contribution in [0.5, 0.6) is 0 Å². The van der Waals surface area contributed by atoms with Crippen LogP contribution >= 0.6 is 11.3 Å². The zero-order valence-electron chi connectivity index (χ0n) is 13.1. The quantitative estimate of drug-likeness (QED) is 0.736. The number of fused-ring (bicyclic) bond motifs is 4. The number of ketones is 1. The molecule has 1 aromatic heterocycles. The Hall–Kier alpha value is -1.40. The molecule has 2 aromatic rings. The lowest BCUT2D eigenvalue weighted by molar-refractivity contribution is -0.137. The lowest BCUT2D eigenvalue weighted by Gasteiger charge is -2.44. The van der Waals surface area contributed by atoms with Crippen LogP contribution < -0.4 is 0 Å². The van der Waals surface area contributed by atoms with Crippen molar-refractivity contribution in [1.29, 1.82) is 0 Å². The molecule has 4 heterocycles. The maximum absolute atomic E-state index is 12.8. The smallest absolute Gasteiger partial charge is 0.303 e. The first kappa shape index (κ1) is 16.1. The molecule has 0 aliphatic carbocycles. The van der Waals surface area contributed by atoms with Crippen molar-refractivity contribution >= 4 is 27.2 Å². The number of nitrogens with zero attached hydrogens (tertiary/aromatic N) is 1. The van der Waals surface area contributed by atoms with Crippen molar-refractivity contribution in [2.45, 2.75) is 25.4 Å². The summed E-state index contributed by atoms with van der Waals surface area (Å²) in [5.41, 5.74) is -0.663. The van der Waals surface area contributed by atoms with E-state index >= 15 is 0 Å². The Morgan fingerprint density at radius 1 is 1.21 bits per heavy atom. The average Bonchev–Trinajstić information content (AvgIpc) is 2.98. The van der Waals surface area contributed by atoms with Gasteiger partial charge >= 0.3 is 6.18 Å². The van der Waals surface area contributed by atoms with Crippen molar-refractivity contribution in [2.24, 2.45) is 11.8 Å². The van der Waals surface area contributed by atoms with E-state index in [9.17, 15) is 18.0 Å². The van der Waals surface area contributed by atoms with Gasteiger partial charge < -0.3 is 4.90 Å². The van der Waals surface area contributed by atoms with Gasteiger partial charge in [-0.15, -0.1) is 11.3 Å². The molecule has 3 fully saturated rings. The first-order valence-electron chi connectivity index (χ1n) is 8.26. The van der Waals surface area contributed by atoms with E-state index < -0.39 is 11.7 Å². The van der Waals surface area contributed by atoms with Gasteiger partial charge in [0.1, 0.15) is 0 Å². The predicted octanol–water partition coefficient (Wildman–Crippen LogP) is 4.83. The highest BCUT2D eigenvalue weighted by atomic mass is 32.1. The van der Waals surface area contributed by atoms with Gasteiger partial charge in [0.15, 0.2) is 5.78 Å². The molecule has 0 unspecified atom stereocenters. The Bertz CT molecular complexity index is 774. The minimum Gasteiger partial charge on any atom is -0.303 e. The van der Waals surface area contributed by atoms with E-state index in [1.165, 1.54) is 30.2 Å². The molecule has 1 aromatic carbocycles. The van der Waals surface area contributed by atoms with Crippen molar-refractivity contribution in [2.75, 3.05) is 19.6 Å². The fourth-order valence-electron chi connectivity index (χ4n) is 4.01. The number of Topliss-reactive ketones (excluding diaryl/α,β-unsaturated/α-hetero) is 1. The molecule has 3 aliphatic rings. The minimum absolute atomic E-state index is 0.0727. The molecule has 0 amide bonds. The normalized spacial score (nSPS) is 26.9. The number of benzene rings is 1. The van der Waals surface area contributed by atoms with Crippen LogP contribution in [0.3, 0.4) is 0 Å². The fourth-order valence-corrected chi connectivity index (χ4v) is 5.01. The molecule has 1 atom stereocenters. The van der Waals surface area contributed by atoms with E-state index in [-0.39, 0.29) is 5.78 Å². The second-order valence-corrected chi connectivity index (χ2v) is 7.97. The molecular formula is C18H18F3NOS. The number of carbonyl (C=O) groups is 1. The van der Waals surface area contributed by atoms with Gasteiger partial charge in [0.25, 0.3) is 0 Å². The number of rotatable bonds is 3. The Labute approximate surface area is 142 Å². The lowest BCUT2D eigenvalue weighted by Crippen LogP contribution is -2.47. The summed E-state index contributed by atoms with van der Waals surface area (Å²) in [4.78, 5) is 15.6. The van der Waals surface area contributed by atoms with Crippen LogP contribution in [-0.4, -0.2) is 30.3 Å². The number of alkyl halides is 3. The van der Waals surface area contributed by atoms with Crippen molar-refractivity contribution < 1.29 is 18.0 Å². The van der Waals surface area contributed by atoms with E-state index in [0.29, 0.717) is 28.5 Å². The predicted molar refractivity (Wildman–Crippen MR) is 88.4 cm³/mol. The molecule has 0 radical (unpaired) electrons. The maximum atomic E-state index is 12.8. The SMILES string of the molecule is O=C(C[C@H]1CN2CCC1CC2)c1cc2cc(C(F)(F)F)ccc2s1. The number of hydrogen-bond acceptors (Lipinski definition) is 3. The highest BCUT2D eigenvalue weighted by molar-refractivity contribution is 7.20. The standard InChI is InChI=1S/C18H18F3NOS/c19-18(20,21)14-1-2-16-12(7-14)9-17(24-16)15(23)8-13-10-22-5-3-11(13)4-6-22/h1-2,7,9,11,13H,3-6,8,10H2/t13-/m0/s1. The summed E-state index contributed by atoms with van der Waals surface area (Å²) in [6.07, 6.45) is -1.51. The third kappa shape index (κ3) is 2.97. The Morgan fingerprint density at radius 2 is 1.96 bits per heavy atom. The molecule has 3 saturated heterocycles. The van der Waals surface area contributed by atoms with Crippen molar-refractivity contribution in [3.8, 4) is 0 Å². The van der Waals surface area contributed by atoms with Crippen LogP contribution in [0.25, 0.3) is 10.1 Å². The number of thiophene rings is 1. The molecule has 24 heavy (non-hydrogen) atoms. The van der Waals surface area contributed by atoms with Gasteiger partial charge in [0, 0.05) is 17.7 Å². The van der Waals surface area contributed by atoms with Gasteiger partial charge in [0.2, 0.25) is 0 Å². The Balaban J connectivity index is 1.54. The molecule has 0 saturated carbocycles. The second-order valence-electron chi connectivity index (χ2n) is 6.89. The van der Waals surface area contributed by atoms with Gasteiger partial charge in [-0.2, -0.15) is 13.2 Å². The van der Waals surface area contributed by atoms with Crippen LogP contribution in [0.2, 0.25) is 0 Å². The molecular weight excluding hydrogens is 335 g/mol. The van der Waals surface area contributed by atoms with Crippen LogP contribution in [0, 0.1) is 11.8 Å². The number of halogens is 3. The molecule has 6 heteroatoms. The summed E-state index contributed by atoms with van der Waals surface area (Å²) >= 11 is 1.30. The van der Waals surface area contributed by atoms with Crippen LogP contribution in [0.15, 0.2) is 24.3 Å². The van der Waals surface area contributed by atoms with Crippen LogP contribution in [0.1, 0.15) is 34.5 Å².